The van der Waals surface area contributed by atoms with Crippen LogP contribution in [0.25, 0.3) is 0 Å². The Labute approximate surface area is 125 Å². The van der Waals surface area contributed by atoms with E-state index in [1.807, 2.05) is 36.5 Å². The molecule has 1 aromatic carbocycles. The number of methoxy groups -OCH3 is 1. The zero-order valence-electron chi connectivity index (χ0n) is 10.8. The number of H-pyrrole nitrogens is 1. The number of benzene rings is 1. The first-order chi connectivity index (χ1) is 9.10. The first kappa shape index (κ1) is 13.9. The predicted octanol–water partition coefficient (Wildman–Crippen LogP) is 2.90. The molecule has 1 amide bonds. The molecule has 5 heteroatoms. The molecule has 4 nitrogen and oxygen atoms in total. The van der Waals surface area contributed by atoms with Gasteiger partial charge in [0.1, 0.15) is 11.4 Å². The Kier molecular flexibility index (Phi) is 4.47. The van der Waals surface area contributed by atoms with Crippen LogP contribution in [0.4, 0.5) is 0 Å². The number of hydrogen-bond acceptors (Lipinski definition) is 2. The maximum absolute atomic E-state index is 12.2. The van der Waals surface area contributed by atoms with Crippen molar-refractivity contribution < 1.29 is 9.53 Å². The fourth-order valence-electron chi connectivity index (χ4n) is 1.81. The van der Waals surface area contributed by atoms with E-state index in [2.05, 4.69) is 27.6 Å². The van der Waals surface area contributed by atoms with Crippen LogP contribution in [-0.4, -0.2) is 29.9 Å². The van der Waals surface area contributed by atoms with Gasteiger partial charge in [0.05, 0.1) is 7.11 Å². The van der Waals surface area contributed by atoms with E-state index in [-0.39, 0.29) is 5.91 Å². The van der Waals surface area contributed by atoms with Crippen molar-refractivity contribution >= 4 is 28.5 Å². The highest BCUT2D eigenvalue weighted by molar-refractivity contribution is 14.1. The molecule has 0 saturated carbocycles. The number of rotatable bonds is 4. The first-order valence-electron chi connectivity index (χ1n) is 5.82. The van der Waals surface area contributed by atoms with Crippen molar-refractivity contribution in [3.63, 3.8) is 0 Å². The quantitative estimate of drug-likeness (QED) is 0.842. The van der Waals surface area contributed by atoms with Gasteiger partial charge in [-0.2, -0.15) is 0 Å². The van der Waals surface area contributed by atoms with Gasteiger partial charge in [-0.15, -0.1) is 0 Å². The second-order valence-corrected chi connectivity index (χ2v) is 5.49. The number of nitrogens with zero attached hydrogens (tertiary/aromatic N) is 1. The number of halogens is 1. The van der Waals surface area contributed by atoms with Crippen LogP contribution >= 0.6 is 22.6 Å². The number of nitrogens with one attached hydrogen (secondary N) is 1. The van der Waals surface area contributed by atoms with E-state index < -0.39 is 0 Å². The number of carbonyl (C=O) groups is 1. The van der Waals surface area contributed by atoms with Gasteiger partial charge < -0.3 is 14.6 Å². The van der Waals surface area contributed by atoms with Gasteiger partial charge >= 0.3 is 0 Å². The summed E-state index contributed by atoms with van der Waals surface area (Å²) in [5.74, 6) is 0.776. The van der Waals surface area contributed by atoms with Crippen LogP contribution in [-0.2, 0) is 6.54 Å². The monoisotopic (exact) mass is 370 g/mol. The van der Waals surface area contributed by atoms with Gasteiger partial charge in [0, 0.05) is 23.4 Å². The minimum absolute atomic E-state index is 0.0225. The van der Waals surface area contributed by atoms with Gasteiger partial charge in [-0.25, -0.2) is 0 Å². The number of carbonyl (C=O) groups excluding carboxylic acids is 1. The molecule has 0 aliphatic carbocycles. The van der Waals surface area contributed by atoms with Crippen LogP contribution in [0.5, 0.6) is 5.75 Å². The van der Waals surface area contributed by atoms with Crippen LogP contribution in [0.2, 0.25) is 0 Å². The topological polar surface area (TPSA) is 45.3 Å². The molecule has 0 spiro atoms. The van der Waals surface area contributed by atoms with Gasteiger partial charge in [0.2, 0.25) is 0 Å². The van der Waals surface area contributed by atoms with Crippen molar-refractivity contribution in [3.05, 3.63) is 51.4 Å². The Morgan fingerprint density at radius 3 is 2.84 bits per heavy atom. The van der Waals surface area contributed by atoms with Gasteiger partial charge in [-0.05, 0) is 46.4 Å². The summed E-state index contributed by atoms with van der Waals surface area (Å²) in [7, 11) is 3.42. The molecule has 0 atom stereocenters. The highest BCUT2D eigenvalue weighted by Gasteiger charge is 2.13. The highest BCUT2D eigenvalue weighted by atomic mass is 127. The van der Waals surface area contributed by atoms with Crippen molar-refractivity contribution in [3.8, 4) is 5.75 Å². The predicted molar refractivity (Wildman–Crippen MR) is 82.3 cm³/mol. The molecule has 0 unspecified atom stereocenters. The minimum Gasteiger partial charge on any atom is -0.497 e. The lowest BCUT2D eigenvalue weighted by Crippen LogP contribution is -2.26. The van der Waals surface area contributed by atoms with Crippen molar-refractivity contribution in [1.82, 2.24) is 9.88 Å². The molecule has 0 radical (unpaired) electrons. The number of amides is 1. The van der Waals surface area contributed by atoms with Crippen molar-refractivity contribution in [2.45, 2.75) is 6.54 Å². The van der Waals surface area contributed by atoms with E-state index in [4.69, 9.17) is 4.74 Å². The SMILES string of the molecule is COc1cccc(CN(C)C(=O)c2cc(I)c[nH]2)c1. The molecule has 0 aliphatic heterocycles. The summed E-state index contributed by atoms with van der Waals surface area (Å²) in [5.41, 5.74) is 1.64. The van der Waals surface area contributed by atoms with Gasteiger partial charge in [-0.3, -0.25) is 4.79 Å². The lowest BCUT2D eigenvalue weighted by atomic mass is 10.2. The molecule has 0 aliphatic rings. The summed E-state index contributed by atoms with van der Waals surface area (Å²) < 4.78 is 6.20. The van der Waals surface area contributed by atoms with Crippen LogP contribution in [0, 0.1) is 3.57 Å². The summed E-state index contributed by atoms with van der Waals surface area (Å²) in [4.78, 5) is 16.8. The molecule has 1 aromatic heterocycles. The van der Waals surface area contributed by atoms with Gasteiger partial charge in [0.25, 0.3) is 5.91 Å². The molecule has 2 aromatic rings. The number of aromatic nitrogens is 1. The van der Waals surface area contributed by atoms with E-state index in [9.17, 15) is 4.79 Å². The highest BCUT2D eigenvalue weighted by Crippen LogP contribution is 2.15. The van der Waals surface area contributed by atoms with Crippen molar-refractivity contribution in [2.24, 2.45) is 0 Å². The molecule has 1 heterocycles. The first-order valence-corrected chi connectivity index (χ1v) is 6.90. The fraction of sp³-hybridized carbons (Fsp3) is 0.214. The van der Waals surface area contributed by atoms with Crippen molar-refractivity contribution in [1.29, 1.82) is 0 Å². The lowest BCUT2D eigenvalue weighted by Gasteiger charge is -2.16. The number of hydrogen-bond donors (Lipinski definition) is 1. The molecule has 1 N–H and O–H groups in total. The standard InChI is InChI=1S/C14H15IN2O2/c1-17(14(18)13-7-11(15)8-16-13)9-10-4-3-5-12(6-10)19-2/h3-8,16H,9H2,1-2H3. The Morgan fingerprint density at radius 1 is 1.42 bits per heavy atom. The molecular weight excluding hydrogens is 355 g/mol. The van der Waals surface area contributed by atoms with E-state index in [0.717, 1.165) is 14.9 Å². The Hall–Kier alpha value is -1.50. The average molecular weight is 370 g/mol. The van der Waals surface area contributed by atoms with Crippen LogP contribution in [0.15, 0.2) is 36.5 Å². The maximum Gasteiger partial charge on any atom is 0.270 e. The Bertz CT molecular complexity index is 580. The largest absolute Gasteiger partial charge is 0.497 e. The summed E-state index contributed by atoms with van der Waals surface area (Å²) in [6.07, 6.45) is 1.81. The third-order valence-corrected chi connectivity index (χ3v) is 3.40. The number of ether oxygens (including phenoxy) is 1. The molecular formula is C14H15IN2O2. The zero-order valence-corrected chi connectivity index (χ0v) is 13.0. The molecule has 0 bridgehead atoms. The third kappa shape index (κ3) is 3.50. The summed E-state index contributed by atoms with van der Waals surface area (Å²) in [6, 6.07) is 9.56. The second-order valence-electron chi connectivity index (χ2n) is 4.24. The molecule has 0 fully saturated rings. The molecule has 100 valence electrons. The number of aromatic amines is 1. The van der Waals surface area contributed by atoms with Crippen molar-refractivity contribution in [2.75, 3.05) is 14.2 Å². The van der Waals surface area contributed by atoms with Crippen LogP contribution in [0.1, 0.15) is 16.1 Å². The Balaban J connectivity index is 2.07. The van der Waals surface area contributed by atoms with Crippen LogP contribution < -0.4 is 4.74 Å². The average Bonchev–Trinajstić information content (AvgIpc) is 2.84. The summed E-state index contributed by atoms with van der Waals surface area (Å²) in [5, 5.41) is 0. The lowest BCUT2D eigenvalue weighted by molar-refractivity contribution is 0.0780. The molecule has 0 saturated heterocycles. The second kappa shape index (κ2) is 6.10. The van der Waals surface area contributed by atoms with E-state index in [1.54, 1.807) is 19.1 Å². The van der Waals surface area contributed by atoms with E-state index in [0.29, 0.717) is 12.2 Å². The summed E-state index contributed by atoms with van der Waals surface area (Å²) >= 11 is 2.17. The van der Waals surface area contributed by atoms with E-state index >= 15 is 0 Å². The third-order valence-electron chi connectivity index (χ3n) is 2.78. The molecule has 2 rings (SSSR count). The minimum atomic E-state index is -0.0225. The normalized spacial score (nSPS) is 10.3. The van der Waals surface area contributed by atoms with Gasteiger partial charge in [0.15, 0.2) is 0 Å². The maximum atomic E-state index is 12.2. The smallest absolute Gasteiger partial charge is 0.270 e. The Morgan fingerprint density at radius 2 is 2.21 bits per heavy atom. The molecule has 19 heavy (non-hydrogen) atoms. The summed E-state index contributed by atoms with van der Waals surface area (Å²) in [6.45, 7) is 0.547. The van der Waals surface area contributed by atoms with Crippen LogP contribution in [0.3, 0.4) is 0 Å². The fourth-order valence-corrected chi connectivity index (χ4v) is 2.28. The van der Waals surface area contributed by atoms with Gasteiger partial charge in [-0.1, -0.05) is 12.1 Å². The zero-order chi connectivity index (χ0) is 13.8. The van der Waals surface area contributed by atoms with E-state index in [1.165, 1.54) is 0 Å².